The van der Waals surface area contributed by atoms with E-state index in [0.717, 1.165) is 23.5 Å². The molecule has 0 heterocycles. The summed E-state index contributed by atoms with van der Waals surface area (Å²) >= 11 is 0. The van der Waals surface area contributed by atoms with E-state index in [0.29, 0.717) is 12.4 Å². The van der Waals surface area contributed by atoms with E-state index in [1.165, 1.54) is 0 Å². The van der Waals surface area contributed by atoms with Crippen LogP contribution in [0.25, 0.3) is 0 Å². The molecule has 0 bridgehead atoms. The Morgan fingerprint density at radius 1 is 0.900 bits per heavy atom. The van der Waals surface area contributed by atoms with Crippen molar-refractivity contribution in [3.8, 4) is 17.2 Å². The molecule has 2 rings (SSSR count). The molecular weight excluding hydrogens is 250 g/mol. The van der Waals surface area contributed by atoms with Crippen LogP contribution in [0.5, 0.6) is 17.2 Å². The van der Waals surface area contributed by atoms with Gasteiger partial charge in [-0.3, -0.25) is 0 Å². The number of rotatable bonds is 6. The summed E-state index contributed by atoms with van der Waals surface area (Å²) in [7, 11) is 0. The third kappa shape index (κ3) is 3.31. The van der Waals surface area contributed by atoms with Crippen molar-refractivity contribution in [2.45, 2.75) is 26.3 Å². The van der Waals surface area contributed by atoms with Crippen molar-refractivity contribution < 1.29 is 9.47 Å². The lowest BCUT2D eigenvalue weighted by molar-refractivity contribution is 0.320. The van der Waals surface area contributed by atoms with Crippen molar-refractivity contribution in [1.82, 2.24) is 0 Å². The fraction of sp³-hybridized carbons (Fsp3) is 0.294. The molecule has 3 heteroatoms. The zero-order valence-corrected chi connectivity index (χ0v) is 12.0. The lowest BCUT2D eigenvalue weighted by Crippen LogP contribution is -2.09. The minimum Gasteiger partial charge on any atom is -0.490 e. The Kier molecular flexibility index (Phi) is 5.02. The van der Waals surface area contributed by atoms with E-state index in [2.05, 4.69) is 6.92 Å². The molecule has 2 aromatic rings. The van der Waals surface area contributed by atoms with Crippen LogP contribution in [-0.4, -0.2) is 6.61 Å². The molecule has 20 heavy (non-hydrogen) atoms. The molecule has 0 aliphatic heterocycles. The second kappa shape index (κ2) is 6.96. The number of hydrogen-bond donors (Lipinski definition) is 1. The normalized spacial score (nSPS) is 11.9. The summed E-state index contributed by atoms with van der Waals surface area (Å²) in [6.07, 6.45) is 0.869. The Bertz CT molecular complexity index is 554. The molecule has 0 saturated heterocycles. The van der Waals surface area contributed by atoms with Crippen LogP contribution in [0.4, 0.5) is 0 Å². The molecule has 0 aliphatic carbocycles. The van der Waals surface area contributed by atoms with Crippen molar-refractivity contribution in [3.63, 3.8) is 0 Å². The van der Waals surface area contributed by atoms with Gasteiger partial charge in [0.1, 0.15) is 5.75 Å². The van der Waals surface area contributed by atoms with Crippen LogP contribution >= 0.6 is 0 Å². The van der Waals surface area contributed by atoms with Gasteiger partial charge in [0.2, 0.25) is 0 Å². The highest BCUT2D eigenvalue weighted by Gasteiger charge is 2.12. The van der Waals surface area contributed by atoms with Crippen molar-refractivity contribution in [2.24, 2.45) is 5.73 Å². The molecule has 0 saturated carbocycles. The first-order valence-corrected chi connectivity index (χ1v) is 7.00. The van der Waals surface area contributed by atoms with Gasteiger partial charge in [0.15, 0.2) is 11.5 Å². The Labute approximate surface area is 120 Å². The highest BCUT2D eigenvalue weighted by molar-refractivity contribution is 5.45. The van der Waals surface area contributed by atoms with Crippen LogP contribution in [-0.2, 0) is 0 Å². The summed E-state index contributed by atoms with van der Waals surface area (Å²) in [6, 6.07) is 15.5. The summed E-state index contributed by atoms with van der Waals surface area (Å²) in [6.45, 7) is 4.63. The summed E-state index contributed by atoms with van der Waals surface area (Å²) in [5, 5.41) is 0. The quantitative estimate of drug-likeness (QED) is 0.852. The summed E-state index contributed by atoms with van der Waals surface area (Å²) in [5.41, 5.74) is 7.15. The van der Waals surface area contributed by atoms with E-state index < -0.39 is 0 Å². The van der Waals surface area contributed by atoms with Crippen molar-refractivity contribution in [3.05, 3.63) is 54.1 Å². The molecule has 106 valence electrons. The second-order valence-corrected chi connectivity index (χ2v) is 4.53. The number of nitrogens with two attached hydrogens (primary N) is 1. The van der Waals surface area contributed by atoms with Gasteiger partial charge >= 0.3 is 0 Å². The average molecular weight is 271 g/mol. The lowest BCUT2D eigenvalue weighted by Gasteiger charge is -2.17. The van der Waals surface area contributed by atoms with E-state index >= 15 is 0 Å². The Morgan fingerprint density at radius 3 is 2.15 bits per heavy atom. The van der Waals surface area contributed by atoms with Crippen LogP contribution in [0, 0.1) is 0 Å². The zero-order valence-electron chi connectivity index (χ0n) is 12.0. The van der Waals surface area contributed by atoms with Gasteiger partial charge in [-0.2, -0.15) is 0 Å². The molecule has 1 atom stereocenters. The summed E-state index contributed by atoms with van der Waals surface area (Å²) in [5.74, 6) is 2.24. The Morgan fingerprint density at radius 2 is 1.50 bits per heavy atom. The van der Waals surface area contributed by atoms with Crippen LogP contribution in [0.15, 0.2) is 48.5 Å². The fourth-order valence-electron chi connectivity index (χ4n) is 2.03. The number of ether oxygens (including phenoxy) is 2. The average Bonchev–Trinajstić information content (AvgIpc) is 2.49. The second-order valence-electron chi connectivity index (χ2n) is 4.53. The van der Waals surface area contributed by atoms with Gasteiger partial charge in [-0.15, -0.1) is 0 Å². The van der Waals surface area contributed by atoms with E-state index in [9.17, 15) is 0 Å². The largest absolute Gasteiger partial charge is 0.490 e. The van der Waals surface area contributed by atoms with Crippen LogP contribution in [0.2, 0.25) is 0 Å². The number of benzene rings is 2. The minimum atomic E-state index is -0.0227. The predicted octanol–water partition coefficient (Wildman–Crippen LogP) is 4.29. The molecule has 2 N–H and O–H groups in total. The molecule has 2 aromatic carbocycles. The summed E-state index contributed by atoms with van der Waals surface area (Å²) < 4.78 is 11.6. The monoisotopic (exact) mass is 271 g/mol. The van der Waals surface area contributed by atoms with Crippen LogP contribution in [0.3, 0.4) is 0 Å². The zero-order chi connectivity index (χ0) is 14.4. The van der Waals surface area contributed by atoms with Gasteiger partial charge in [0.05, 0.1) is 6.61 Å². The van der Waals surface area contributed by atoms with Crippen molar-refractivity contribution >= 4 is 0 Å². The van der Waals surface area contributed by atoms with Gasteiger partial charge in [-0.25, -0.2) is 0 Å². The van der Waals surface area contributed by atoms with E-state index in [1.54, 1.807) is 0 Å². The predicted molar refractivity (Wildman–Crippen MR) is 81.3 cm³/mol. The molecule has 0 fully saturated rings. The smallest absolute Gasteiger partial charge is 0.169 e. The molecule has 0 radical (unpaired) electrons. The van der Waals surface area contributed by atoms with Gasteiger partial charge < -0.3 is 15.2 Å². The first-order valence-electron chi connectivity index (χ1n) is 7.00. The van der Waals surface area contributed by atoms with Gasteiger partial charge in [-0.05, 0) is 31.5 Å². The van der Waals surface area contributed by atoms with Crippen molar-refractivity contribution in [2.75, 3.05) is 6.61 Å². The molecule has 0 unspecified atom stereocenters. The SMILES string of the molecule is CCOc1ccccc1Oc1ccccc1[C@H](N)CC. The molecule has 3 nitrogen and oxygen atoms in total. The third-order valence-corrected chi connectivity index (χ3v) is 3.13. The maximum absolute atomic E-state index is 6.13. The maximum Gasteiger partial charge on any atom is 0.169 e. The molecule has 0 aromatic heterocycles. The minimum absolute atomic E-state index is 0.0227. The topological polar surface area (TPSA) is 44.5 Å². The van der Waals surface area contributed by atoms with Gasteiger partial charge in [0.25, 0.3) is 0 Å². The molecule has 0 amide bonds. The standard InChI is InChI=1S/C17H21NO2/c1-3-14(18)13-9-5-6-10-15(13)20-17-12-8-7-11-16(17)19-4-2/h5-12,14H,3-4,18H2,1-2H3/t14-/m1/s1. The van der Waals surface area contributed by atoms with E-state index in [4.69, 9.17) is 15.2 Å². The van der Waals surface area contributed by atoms with E-state index in [-0.39, 0.29) is 6.04 Å². The molecule has 0 spiro atoms. The fourth-order valence-corrected chi connectivity index (χ4v) is 2.03. The molecular formula is C17H21NO2. The number of hydrogen-bond acceptors (Lipinski definition) is 3. The Balaban J connectivity index is 2.30. The summed E-state index contributed by atoms with van der Waals surface area (Å²) in [4.78, 5) is 0. The maximum atomic E-state index is 6.13. The van der Waals surface area contributed by atoms with Crippen LogP contribution in [0.1, 0.15) is 31.9 Å². The lowest BCUT2D eigenvalue weighted by atomic mass is 10.0. The van der Waals surface area contributed by atoms with Crippen LogP contribution < -0.4 is 15.2 Å². The van der Waals surface area contributed by atoms with Gasteiger partial charge in [0, 0.05) is 11.6 Å². The van der Waals surface area contributed by atoms with E-state index in [1.807, 2.05) is 55.5 Å². The highest BCUT2D eigenvalue weighted by atomic mass is 16.5. The first-order chi connectivity index (χ1) is 9.76. The Hall–Kier alpha value is -2.00. The number of para-hydroxylation sites is 3. The highest BCUT2D eigenvalue weighted by Crippen LogP contribution is 2.34. The van der Waals surface area contributed by atoms with Crippen molar-refractivity contribution in [1.29, 1.82) is 0 Å². The molecule has 0 aliphatic rings. The van der Waals surface area contributed by atoms with Gasteiger partial charge in [-0.1, -0.05) is 37.3 Å². The first kappa shape index (κ1) is 14.4. The third-order valence-electron chi connectivity index (χ3n) is 3.13.